The first-order valence-electron chi connectivity index (χ1n) is 6.20. The summed E-state index contributed by atoms with van der Waals surface area (Å²) in [5, 5.41) is 2.04. The zero-order chi connectivity index (χ0) is 16.0. The van der Waals surface area contributed by atoms with Crippen LogP contribution in [0.3, 0.4) is 0 Å². The number of pyridine rings is 1. The standard InChI is InChI=1S/C14H9F2N3O3/c15-11(16)6-1-3-7(4-2-6)19-9(20)5-8-10(12(19)17)14(22)18-13(8)21/h1-5,11H,17H2,(H,18,21,22). The van der Waals surface area contributed by atoms with Crippen molar-refractivity contribution >= 4 is 17.6 Å². The van der Waals surface area contributed by atoms with Gasteiger partial charge in [0, 0.05) is 11.6 Å². The van der Waals surface area contributed by atoms with Crippen molar-refractivity contribution < 1.29 is 18.4 Å². The molecule has 3 rings (SSSR count). The molecule has 0 aliphatic carbocycles. The maximum absolute atomic E-state index is 12.6. The molecule has 0 bridgehead atoms. The largest absolute Gasteiger partial charge is 0.384 e. The summed E-state index contributed by atoms with van der Waals surface area (Å²) in [6, 6.07) is 5.89. The Morgan fingerprint density at radius 1 is 1.05 bits per heavy atom. The number of nitrogens with zero attached hydrogens (tertiary/aromatic N) is 1. The van der Waals surface area contributed by atoms with Crippen molar-refractivity contribution in [2.75, 3.05) is 5.73 Å². The first kappa shape index (κ1) is 13.9. The number of anilines is 1. The minimum absolute atomic E-state index is 0.0899. The number of hydrogen-bond donors (Lipinski definition) is 2. The van der Waals surface area contributed by atoms with E-state index < -0.39 is 23.8 Å². The maximum atomic E-state index is 12.6. The molecule has 22 heavy (non-hydrogen) atoms. The lowest BCUT2D eigenvalue weighted by molar-refractivity contribution is 0.0880. The number of carbonyl (C=O) groups excluding carboxylic acids is 2. The molecule has 0 spiro atoms. The molecule has 0 saturated heterocycles. The summed E-state index contributed by atoms with van der Waals surface area (Å²) >= 11 is 0. The lowest BCUT2D eigenvalue weighted by atomic mass is 10.1. The Bertz CT molecular complexity index is 857. The summed E-state index contributed by atoms with van der Waals surface area (Å²) in [5.74, 6) is -1.60. The summed E-state index contributed by atoms with van der Waals surface area (Å²) < 4.78 is 26.1. The lowest BCUT2D eigenvalue weighted by Gasteiger charge is -2.12. The number of halogens is 2. The summed E-state index contributed by atoms with van der Waals surface area (Å²) in [6.45, 7) is 0. The Kier molecular flexibility index (Phi) is 3.01. The summed E-state index contributed by atoms with van der Waals surface area (Å²) in [6.07, 6.45) is -2.63. The molecular weight excluding hydrogens is 296 g/mol. The molecule has 6 nitrogen and oxygen atoms in total. The highest BCUT2D eigenvalue weighted by atomic mass is 19.3. The van der Waals surface area contributed by atoms with Gasteiger partial charge in [0.15, 0.2) is 0 Å². The van der Waals surface area contributed by atoms with E-state index in [1.807, 2.05) is 5.32 Å². The van der Waals surface area contributed by atoms with E-state index in [4.69, 9.17) is 5.73 Å². The molecule has 1 aromatic carbocycles. The topological polar surface area (TPSA) is 94.2 Å². The number of benzene rings is 1. The third-order valence-corrected chi connectivity index (χ3v) is 3.36. The van der Waals surface area contributed by atoms with Crippen molar-refractivity contribution in [2.24, 2.45) is 0 Å². The van der Waals surface area contributed by atoms with Crippen molar-refractivity contribution in [1.29, 1.82) is 0 Å². The minimum atomic E-state index is -2.63. The van der Waals surface area contributed by atoms with Gasteiger partial charge in [-0.15, -0.1) is 0 Å². The van der Waals surface area contributed by atoms with Crippen molar-refractivity contribution in [3.63, 3.8) is 0 Å². The number of amides is 2. The Hall–Kier alpha value is -3.03. The molecule has 0 atom stereocenters. The van der Waals surface area contributed by atoms with Gasteiger partial charge in [0.25, 0.3) is 23.8 Å². The molecule has 1 aliphatic heterocycles. The Morgan fingerprint density at radius 2 is 1.68 bits per heavy atom. The van der Waals surface area contributed by atoms with Crippen LogP contribution in [0.2, 0.25) is 0 Å². The molecule has 2 heterocycles. The fraction of sp³-hybridized carbons (Fsp3) is 0.0714. The van der Waals surface area contributed by atoms with Gasteiger partial charge in [0.2, 0.25) is 0 Å². The number of carbonyl (C=O) groups is 2. The molecule has 0 saturated carbocycles. The number of aromatic nitrogens is 1. The maximum Gasteiger partial charge on any atom is 0.263 e. The van der Waals surface area contributed by atoms with Gasteiger partial charge in [-0.05, 0) is 12.1 Å². The molecule has 0 unspecified atom stereocenters. The number of imide groups is 1. The SMILES string of the molecule is Nc1c2c(cc(=O)n1-c1ccc(C(F)F)cc1)C(=O)NC2=O. The molecule has 3 N–H and O–H groups in total. The zero-order valence-corrected chi connectivity index (χ0v) is 11.0. The van der Waals surface area contributed by atoms with E-state index in [1.165, 1.54) is 12.1 Å². The van der Waals surface area contributed by atoms with Crippen LogP contribution in [0.5, 0.6) is 0 Å². The average Bonchev–Trinajstić information content (AvgIpc) is 2.74. The number of nitrogens with one attached hydrogen (secondary N) is 1. The molecule has 1 aliphatic rings. The number of nitrogen functional groups attached to an aromatic ring is 1. The van der Waals surface area contributed by atoms with Crippen LogP contribution in [0.25, 0.3) is 5.69 Å². The van der Waals surface area contributed by atoms with Crippen molar-refractivity contribution in [3.8, 4) is 5.69 Å². The number of alkyl halides is 2. The van der Waals surface area contributed by atoms with Gasteiger partial charge in [-0.2, -0.15) is 0 Å². The molecule has 2 aromatic rings. The van der Waals surface area contributed by atoms with Crippen LogP contribution in [0.1, 0.15) is 32.7 Å². The molecular formula is C14H9F2N3O3. The van der Waals surface area contributed by atoms with E-state index >= 15 is 0 Å². The molecule has 8 heteroatoms. The Balaban J connectivity index is 2.20. The van der Waals surface area contributed by atoms with Gasteiger partial charge in [-0.25, -0.2) is 8.78 Å². The number of fused-ring (bicyclic) bond motifs is 1. The van der Waals surface area contributed by atoms with Crippen molar-refractivity contribution in [2.45, 2.75) is 6.43 Å². The fourth-order valence-corrected chi connectivity index (χ4v) is 2.31. The van der Waals surface area contributed by atoms with Gasteiger partial charge < -0.3 is 5.73 Å². The van der Waals surface area contributed by atoms with Crippen LogP contribution < -0.4 is 16.6 Å². The molecule has 0 radical (unpaired) electrons. The second-order valence-electron chi connectivity index (χ2n) is 4.67. The predicted molar refractivity (Wildman–Crippen MR) is 73.2 cm³/mol. The van der Waals surface area contributed by atoms with E-state index in [2.05, 4.69) is 0 Å². The van der Waals surface area contributed by atoms with E-state index in [0.29, 0.717) is 0 Å². The van der Waals surface area contributed by atoms with Crippen LogP contribution >= 0.6 is 0 Å². The third kappa shape index (κ3) is 1.96. The second-order valence-corrected chi connectivity index (χ2v) is 4.67. The average molecular weight is 305 g/mol. The van der Waals surface area contributed by atoms with Gasteiger partial charge in [0.1, 0.15) is 5.82 Å². The highest BCUT2D eigenvalue weighted by molar-refractivity contribution is 6.23. The fourth-order valence-electron chi connectivity index (χ4n) is 2.31. The second kappa shape index (κ2) is 4.76. The van der Waals surface area contributed by atoms with Gasteiger partial charge in [0.05, 0.1) is 16.8 Å². The lowest BCUT2D eigenvalue weighted by Crippen LogP contribution is -2.24. The van der Waals surface area contributed by atoms with Crippen molar-refractivity contribution in [1.82, 2.24) is 9.88 Å². The zero-order valence-electron chi connectivity index (χ0n) is 11.0. The van der Waals surface area contributed by atoms with Crippen LogP contribution in [0.15, 0.2) is 35.1 Å². The van der Waals surface area contributed by atoms with Gasteiger partial charge >= 0.3 is 0 Å². The monoisotopic (exact) mass is 305 g/mol. The summed E-state index contributed by atoms with van der Waals surface area (Å²) in [7, 11) is 0. The molecule has 112 valence electrons. The van der Waals surface area contributed by atoms with E-state index in [1.54, 1.807) is 0 Å². The number of rotatable bonds is 2. The molecule has 1 aromatic heterocycles. The predicted octanol–water partition coefficient (Wildman–Crippen LogP) is 1.24. The van der Waals surface area contributed by atoms with Crippen LogP contribution in [-0.4, -0.2) is 16.4 Å². The van der Waals surface area contributed by atoms with Crippen LogP contribution in [0.4, 0.5) is 14.6 Å². The Labute approximate surface area is 122 Å². The van der Waals surface area contributed by atoms with E-state index in [0.717, 1.165) is 22.8 Å². The van der Waals surface area contributed by atoms with Gasteiger partial charge in [-0.1, -0.05) is 12.1 Å². The quantitative estimate of drug-likeness (QED) is 0.816. The first-order valence-corrected chi connectivity index (χ1v) is 6.20. The molecule has 2 amide bonds. The van der Waals surface area contributed by atoms with E-state index in [-0.39, 0.29) is 28.2 Å². The summed E-state index contributed by atoms with van der Waals surface area (Å²) in [5.41, 5.74) is 5.02. The highest BCUT2D eigenvalue weighted by Gasteiger charge is 2.31. The number of nitrogens with two attached hydrogens (primary N) is 1. The first-order chi connectivity index (χ1) is 10.4. The minimum Gasteiger partial charge on any atom is -0.384 e. The third-order valence-electron chi connectivity index (χ3n) is 3.36. The summed E-state index contributed by atoms with van der Waals surface area (Å²) in [4.78, 5) is 35.4. The normalized spacial score (nSPS) is 13.4. The number of hydrogen-bond acceptors (Lipinski definition) is 4. The van der Waals surface area contributed by atoms with Crippen LogP contribution in [-0.2, 0) is 0 Å². The molecule has 0 fully saturated rings. The van der Waals surface area contributed by atoms with Gasteiger partial charge in [-0.3, -0.25) is 24.3 Å². The highest BCUT2D eigenvalue weighted by Crippen LogP contribution is 2.24. The Morgan fingerprint density at radius 3 is 2.27 bits per heavy atom. The van der Waals surface area contributed by atoms with Crippen LogP contribution in [0, 0.1) is 0 Å². The smallest absolute Gasteiger partial charge is 0.263 e. The van der Waals surface area contributed by atoms with Crippen molar-refractivity contribution in [3.05, 3.63) is 57.4 Å². The van der Waals surface area contributed by atoms with E-state index in [9.17, 15) is 23.2 Å².